The summed E-state index contributed by atoms with van der Waals surface area (Å²) in [4.78, 5) is 4.85. The summed E-state index contributed by atoms with van der Waals surface area (Å²) >= 11 is 0. The Balaban J connectivity index is 1.67. The van der Waals surface area contributed by atoms with Crippen molar-refractivity contribution in [1.29, 1.82) is 0 Å². The molecule has 1 heterocycles. The molecule has 0 aliphatic carbocycles. The second-order valence-corrected chi connectivity index (χ2v) is 8.06. The molecule has 5 rings (SSSR count). The van der Waals surface area contributed by atoms with Crippen LogP contribution >= 0.6 is 0 Å². The first-order chi connectivity index (χ1) is 16.4. The number of hydrogen-bond donors (Lipinski definition) is 0. The van der Waals surface area contributed by atoms with Crippen molar-refractivity contribution in [2.24, 2.45) is 0 Å². The van der Waals surface area contributed by atoms with E-state index in [4.69, 9.17) is 4.98 Å². The Hall–Kier alpha value is -4.23. The van der Waals surface area contributed by atoms with E-state index in [1.165, 1.54) is 16.7 Å². The van der Waals surface area contributed by atoms with Gasteiger partial charge in [0.2, 0.25) is 0 Å². The number of hydrogen-bond acceptors (Lipinski definition) is 1. The van der Waals surface area contributed by atoms with E-state index in [1.807, 2.05) is 24.4 Å². The molecule has 0 radical (unpaired) electrons. The van der Waals surface area contributed by atoms with Crippen molar-refractivity contribution in [1.82, 2.24) is 4.98 Å². The average molecular weight is 424 g/mol. The van der Waals surface area contributed by atoms with Gasteiger partial charge in [0.05, 0.1) is 11.1 Å². The van der Waals surface area contributed by atoms with Gasteiger partial charge in [0.25, 0.3) is 0 Å². The first kappa shape index (κ1) is 20.7. The molecule has 0 amide bonds. The van der Waals surface area contributed by atoms with Gasteiger partial charge >= 0.3 is 0 Å². The summed E-state index contributed by atoms with van der Waals surface area (Å²) in [5, 5.41) is 0. The summed E-state index contributed by atoms with van der Waals surface area (Å²) < 4.78 is 0. The van der Waals surface area contributed by atoms with Gasteiger partial charge in [-0.3, -0.25) is 4.98 Å². The molecule has 0 saturated heterocycles. The molecule has 1 aromatic heterocycles. The van der Waals surface area contributed by atoms with E-state index < -0.39 is 5.41 Å². The van der Waals surface area contributed by atoms with Crippen molar-refractivity contribution < 1.29 is 0 Å². The Morgan fingerprint density at radius 3 is 1.30 bits per heavy atom. The fourth-order valence-corrected chi connectivity index (χ4v) is 4.54. The molecule has 0 unspecified atom stereocenters. The minimum atomic E-state index is -0.460. The molecular formula is C32H25N. The number of aromatic nitrogens is 1. The van der Waals surface area contributed by atoms with Gasteiger partial charge in [0.1, 0.15) is 0 Å². The summed E-state index contributed by atoms with van der Waals surface area (Å²) in [6, 6.07) is 46.8. The van der Waals surface area contributed by atoms with Crippen molar-refractivity contribution in [3.05, 3.63) is 173 Å². The molecular weight excluding hydrogens is 398 g/mol. The molecule has 0 aliphatic rings. The Kier molecular flexibility index (Phi) is 5.95. The van der Waals surface area contributed by atoms with Crippen LogP contribution in [0.2, 0.25) is 0 Å². The highest BCUT2D eigenvalue weighted by atomic mass is 14.7. The number of pyridine rings is 1. The predicted octanol–water partition coefficient (Wildman–Crippen LogP) is 7.63. The lowest BCUT2D eigenvalue weighted by Gasteiger charge is -2.36. The van der Waals surface area contributed by atoms with E-state index in [2.05, 4.69) is 127 Å². The molecule has 0 atom stereocenters. The maximum Gasteiger partial charge on any atom is 0.0716 e. The smallest absolute Gasteiger partial charge is 0.0716 e. The van der Waals surface area contributed by atoms with Crippen molar-refractivity contribution in [2.75, 3.05) is 0 Å². The zero-order valence-electron chi connectivity index (χ0n) is 18.4. The van der Waals surface area contributed by atoms with Gasteiger partial charge in [-0.1, -0.05) is 133 Å². The highest BCUT2D eigenvalue weighted by Crippen LogP contribution is 2.44. The Labute approximate surface area is 195 Å². The van der Waals surface area contributed by atoms with Crippen LogP contribution in [-0.4, -0.2) is 4.98 Å². The lowest BCUT2D eigenvalue weighted by atomic mass is 9.65. The summed E-state index contributed by atoms with van der Waals surface area (Å²) in [6.45, 7) is 0. The van der Waals surface area contributed by atoms with Crippen LogP contribution in [0.4, 0.5) is 0 Å². The zero-order chi connectivity index (χ0) is 22.3. The number of nitrogens with zero attached hydrogens (tertiary/aromatic N) is 1. The lowest BCUT2D eigenvalue weighted by molar-refractivity contribution is 0.740. The Morgan fingerprint density at radius 2 is 0.879 bits per heavy atom. The van der Waals surface area contributed by atoms with Gasteiger partial charge < -0.3 is 0 Å². The van der Waals surface area contributed by atoms with Crippen LogP contribution < -0.4 is 0 Å². The van der Waals surface area contributed by atoms with E-state index >= 15 is 0 Å². The molecule has 1 nitrogen and oxygen atoms in total. The average Bonchev–Trinajstić information content (AvgIpc) is 2.91. The van der Waals surface area contributed by atoms with Gasteiger partial charge in [-0.25, -0.2) is 0 Å². The lowest BCUT2D eigenvalue weighted by Crippen LogP contribution is -2.31. The molecule has 1 heteroatoms. The maximum atomic E-state index is 4.85. The van der Waals surface area contributed by atoms with Gasteiger partial charge in [0, 0.05) is 6.20 Å². The summed E-state index contributed by atoms with van der Waals surface area (Å²) in [6.07, 6.45) is 6.19. The van der Waals surface area contributed by atoms with Crippen molar-refractivity contribution in [2.45, 2.75) is 5.41 Å². The van der Waals surface area contributed by atoms with Crippen LogP contribution in [0, 0.1) is 0 Å². The van der Waals surface area contributed by atoms with Gasteiger partial charge in [0.15, 0.2) is 0 Å². The Bertz CT molecular complexity index is 1210. The minimum absolute atomic E-state index is 0.460. The third-order valence-corrected chi connectivity index (χ3v) is 6.09. The maximum absolute atomic E-state index is 4.85. The van der Waals surface area contributed by atoms with Crippen LogP contribution in [-0.2, 0) is 5.41 Å². The standard InChI is InChI=1S/C32H25N/c1-5-13-26(14-6-1)21-23-31-24-22-30(25-33-31)32(27-15-7-2-8-16-27,28-17-9-3-10-18-28)29-19-11-4-12-20-29/h1-25H. The summed E-state index contributed by atoms with van der Waals surface area (Å²) in [5.41, 5.74) is 6.44. The van der Waals surface area contributed by atoms with Gasteiger partial charge in [-0.2, -0.15) is 0 Å². The highest BCUT2D eigenvalue weighted by molar-refractivity contribution is 5.68. The normalized spacial score (nSPS) is 11.5. The Morgan fingerprint density at radius 1 is 0.424 bits per heavy atom. The van der Waals surface area contributed by atoms with Crippen molar-refractivity contribution in [3.8, 4) is 0 Å². The monoisotopic (exact) mass is 423 g/mol. The summed E-state index contributed by atoms with van der Waals surface area (Å²) in [5.74, 6) is 0. The fourth-order valence-electron chi connectivity index (χ4n) is 4.54. The molecule has 0 fully saturated rings. The van der Waals surface area contributed by atoms with Crippen molar-refractivity contribution in [3.63, 3.8) is 0 Å². The minimum Gasteiger partial charge on any atom is -0.257 e. The van der Waals surface area contributed by atoms with E-state index in [-0.39, 0.29) is 0 Å². The molecule has 158 valence electrons. The first-order valence-corrected chi connectivity index (χ1v) is 11.2. The van der Waals surface area contributed by atoms with E-state index in [0.717, 1.165) is 16.8 Å². The third kappa shape index (κ3) is 4.14. The quantitative estimate of drug-likeness (QED) is 0.256. The SMILES string of the molecule is C(=Cc1ccc(C(c2ccccc2)(c2ccccc2)c2ccccc2)cn1)c1ccccc1. The first-order valence-electron chi connectivity index (χ1n) is 11.2. The van der Waals surface area contributed by atoms with Crippen LogP contribution in [0.25, 0.3) is 12.2 Å². The van der Waals surface area contributed by atoms with Gasteiger partial charge in [-0.15, -0.1) is 0 Å². The molecule has 0 N–H and O–H groups in total. The number of benzene rings is 4. The van der Waals surface area contributed by atoms with Crippen LogP contribution in [0.15, 0.2) is 140 Å². The molecule has 0 bridgehead atoms. The van der Waals surface area contributed by atoms with Gasteiger partial charge in [-0.05, 0) is 40.0 Å². The molecule has 4 aromatic carbocycles. The third-order valence-electron chi connectivity index (χ3n) is 6.09. The molecule has 33 heavy (non-hydrogen) atoms. The zero-order valence-corrected chi connectivity index (χ0v) is 18.4. The molecule has 0 saturated carbocycles. The van der Waals surface area contributed by atoms with Crippen LogP contribution in [0.5, 0.6) is 0 Å². The van der Waals surface area contributed by atoms with E-state index in [1.54, 1.807) is 0 Å². The second-order valence-electron chi connectivity index (χ2n) is 8.06. The molecule has 0 spiro atoms. The molecule has 0 aliphatic heterocycles. The predicted molar refractivity (Wildman–Crippen MR) is 138 cm³/mol. The largest absolute Gasteiger partial charge is 0.257 e. The van der Waals surface area contributed by atoms with Crippen molar-refractivity contribution >= 4 is 12.2 Å². The van der Waals surface area contributed by atoms with Crippen LogP contribution in [0.3, 0.4) is 0 Å². The van der Waals surface area contributed by atoms with E-state index in [0.29, 0.717) is 0 Å². The van der Waals surface area contributed by atoms with Crippen LogP contribution in [0.1, 0.15) is 33.5 Å². The van der Waals surface area contributed by atoms with E-state index in [9.17, 15) is 0 Å². The topological polar surface area (TPSA) is 12.9 Å². The highest BCUT2D eigenvalue weighted by Gasteiger charge is 2.38. The fraction of sp³-hybridized carbons (Fsp3) is 0.0312. The number of rotatable bonds is 6. The summed E-state index contributed by atoms with van der Waals surface area (Å²) in [7, 11) is 0. The second kappa shape index (κ2) is 9.50. The molecule has 5 aromatic rings.